The first-order valence-electron chi connectivity index (χ1n) is 5.79. The Balaban J connectivity index is 1.94. The molecule has 104 valence electrons. The standard InChI is InChI=1S/C14H11ClF2N2O/c15-9-4-6-10(7-5-9)19-13(20)8-18-14-11(16)2-1-3-12(14)17/h1-7,18H,8H2,(H,19,20). The predicted octanol–water partition coefficient (Wildman–Crippen LogP) is 3.67. The smallest absolute Gasteiger partial charge is 0.243 e. The van der Waals surface area contributed by atoms with Crippen molar-refractivity contribution in [2.75, 3.05) is 17.2 Å². The largest absolute Gasteiger partial charge is 0.371 e. The van der Waals surface area contributed by atoms with E-state index in [2.05, 4.69) is 10.6 Å². The molecule has 0 spiro atoms. The number of para-hydroxylation sites is 1. The topological polar surface area (TPSA) is 41.1 Å². The normalized spacial score (nSPS) is 10.2. The molecule has 20 heavy (non-hydrogen) atoms. The van der Waals surface area contributed by atoms with Crippen molar-refractivity contribution in [2.45, 2.75) is 0 Å². The van der Waals surface area contributed by atoms with E-state index in [-0.39, 0.29) is 12.2 Å². The molecule has 2 N–H and O–H groups in total. The highest BCUT2D eigenvalue weighted by Crippen LogP contribution is 2.18. The summed E-state index contributed by atoms with van der Waals surface area (Å²) in [7, 11) is 0. The van der Waals surface area contributed by atoms with E-state index in [4.69, 9.17) is 11.6 Å². The van der Waals surface area contributed by atoms with Crippen LogP contribution in [0, 0.1) is 11.6 Å². The second-order valence-corrected chi connectivity index (χ2v) is 4.44. The molecule has 2 aromatic carbocycles. The molecule has 0 saturated heterocycles. The fraction of sp³-hybridized carbons (Fsp3) is 0.0714. The van der Waals surface area contributed by atoms with Gasteiger partial charge in [0.15, 0.2) is 0 Å². The number of carbonyl (C=O) groups is 1. The Kier molecular flexibility index (Phi) is 4.53. The van der Waals surface area contributed by atoms with E-state index < -0.39 is 17.5 Å². The summed E-state index contributed by atoms with van der Waals surface area (Å²) in [4.78, 5) is 11.6. The van der Waals surface area contributed by atoms with E-state index in [1.165, 1.54) is 6.07 Å². The molecule has 0 saturated carbocycles. The first-order chi connectivity index (χ1) is 9.56. The third-order valence-corrected chi connectivity index (χ3v) is 2.77. The van der Waals surface area contributed by atoms with Gasteiger partial charge in [-0.15, -0.1) is 0 Å². The monoisotopic (exact) mass is 296 g/mol. The molecule has 0 aliphatic heterocycles. The van der Waals surface area contributed by atoms with Crippen LogP contribution in [-0.4, -0.2) is 12.5 Å². The average Bonchev–Trinajstić information content (AvgIpc) is 2.41. The lowest BCUT2D eigenvalue weighted by Gasteiger charge is -2.09. The molecule has 0 radical (unpaired) electrons. The molecule has 0 aromatic heterocycles. The fourth-order valence-electron chi connectivity index (χ4n) is 1.57. The minimum Gasteiger partial charge on any atom is -0.371 e. The number of halogens is 3. The number of nitrogens with one attached hydrogen (secondary N) is 2. The van der Waals surface area contributed by atoms with Crippen LogP contribution in [0.4, 0.5) is 20.2 Å². The zero-order valence-electron chi connectivity index (χ0n) is 10.3. The molecule has 3 nitrogen and oxygen atoms in total. The molecule has 0 aliphatic rings. The number of rotatable bonds is 4. The van der Waals surface area contributed by atoms with Crippen LogP contribution in [0.15, 0.2) is 42.5 Å². The SMILES string of the molecule is O=C(CNc1c(F)cccc1F)Nc1ccc(Cl)cc1. The van der Waals surface area contributed by atoms with Crippen molar-refractivity contribution in [3.05, 3.63) is 59.1 Å². The molecule has 0 fully saturated rings. The summed E-state index contributed by atoms with van der Waals surface area (Å²) in [5, 5.41) is 5.55. The lowest BCUT2D eigenvalue weighted by Crippen LogP contribution is -2.22. The zero-order chi connectivity index (χ0) is 14.5. The van der Waals surface area contributed by atoms with Gasteiger partial charge in [0.2, 0.25) is 5.91 Å². The van der Waals surface area contributed by atoms with Crippen molar-refractivity contribution in [3.63, 3.8) is 0 Å². The van der Waals surface area contributed by atoms with E-state index in [1.807, 2.05) is 0 Å². The summed E-state index contributed by atoms with van der Waals surface area (Å²) in [6, 6.07) is 9.99. The van der Waals surface area contributed by atoms with Gasteiger partial charge in [-0.2, -0.15) is 0 Å². The van der Waals surface area contributed by atoms with Gasteiger partial charge in [-0.3, -0.25) is 4.79 Å². The maximum Gasteiger partial charge on any atom is 0.243 e. The number of benzene rings is 2. The Morgan fingerprint density at radius 3 is 2.25 bits per heavy atom. The lowest BCUT2D eigenvalue weighted by atomic mass is 10.3. The summed E-state index contributed by atoms with van der Waals surface area (Å²) in [5.74, 6) is -1.91. The highest BCUT2D eigenvalue weighted by molar-refractivity contribution is 6.30. The summed E-state index contributed by atoms with van der Waals surface area (Å²) in [6.45, 7) is -0.250. The maximum absolute atomic E-state index is 13.3. The van der Waals surface area contributed by atoms with Crippen LogP contribution in [0.2, 0.25) is 5.02 Å². The van der Waals surface area contributed by atoms with Gasteiger partial charge in [0.1, 0.15) is 17.3 Å². The maximum atomic E-state index is 13.3. The highest BCUT2D eigenvalue weighted by Gasteiger charge is 2.09. The van der Waals surface area contributed by atoms with Gasteiger partial charge in [0.05, 0.1) is 6.54 Å². The van der Waals surface area contributed by atoms with Gasteiger partial charge in [-0.05, 0) is 36.4 Å². The van der Waals surface area contributed by atoms with Gasteiger partial charge < -0.3 is 10.6 Å². The molecular weight excluding hydrogens is 286 g/mol. The molecular formula is C14H11ClF2N2O. The van der Waals surface area contributed by atoms with Gasteiger partial charge in [0.25, 0.3) is 0 Å². The first kappa shape index (κ1) is 14.3. The quantitative estimate of drug-likeness (QED) is 0.904. The molecule has 0 bridgehead atoms. The average molecular weight is 297 g/mol. The third-order valence-electron chi connectivity index (χ3n) is 2.52. The predicted molar refractivity (Wildman–Crippen MR) is 74.9 cm³/mol. The Morgan fingerprint density at radius 2 is 1.65 bits per heavy atom. The summed E-state index contributed by atoms with van der Waals surface area (Å²) < 4.78 is 26.6. The van der Waals surface area contributed by atoms with Crippen LogP contribution >= 0.6 is 11.6 Å². The van der Waals surface area contributed by atoms with Crippen molar-refractivity contribution in [1.29, 1.82) is 0 Å². The minimum atomic E-state index is -0.746. The second kappa shape index (κ2) is 6.34. The molecule has 0 unspecified atom stereocenters. The minimum absolute atomic E-state index is 0.250. The molecule has 6 heteroatoms. The van der Waals surface area contributed by atoms with Gasteiger partial charge >= 0.3 is 0 Å². The van der Waals surface area contributed by atoms with E-state index in [1.54, 1.807) is 24.3 Å². The Labute approximate surface area is 119 Å². The van der Waals surface area contributed by atoms with Crippen LogP contribution in [0.1, 0.15) is 0 Å². The van der Waals surface area contributed by atoms with E-state index in [9.17, 15) is 13.6 Å². The molecule has 0 heterocycles. The molecule has 1 amide bonds. The molecule has 0 aliphatic carbocycles. The van der Waals surface area contributed by atoms with E-state index in [0.29, 0.717) is 10.7 Å². The third kappa shape index (κ3) is 3.68. The summed E-state index contributed by atoms with van der Waals surface area (Å²) in [6.07, 6.45) is 0. The van der Waals surface area contributed by atoms with Crippen molar-refractivity contribution in [2.24, 2.45) is 0 Å². The van der Waals surface area contributed by atoms with Crippen molar-refractivity contribution < 1.29 is 13.6 Å². The fourth-order valence-corrected chi connectivity index (χ4v) is 1.70. The van der Waals surface area contributed by atoms with Crippen molar-refractivity contribution >= 4 is 28.9 Å². The number of carbonyl (C=O) groups excluding carboxylic acids is 1. The zero-order valence-corrected chi connectivity index (χ0v) is 11.0. The van der Waals surface area contributed by atoms with Crippen molar-refractivity contribution in [3.8, 4) is 0 Å². The van der Waals surface area contributed by atoms with Crippen LogP contribution < -0.4 is 10.6 Å². The summed E-state index contributed by atoms with van der Waals surface area (Å²) >= 11 is 5.72. The number of hydrogen-bond acceptors (Lipinski definition) is 2. The molecule has 0 atom stereocenters. The number of hydrogen-bond donors (Lipinski definition) is 2. The summed E-state index contributed by atoms with van der Waals surface area (Å²) in [5.41, 5.74) is 0.231. The molecule has 2 rings (SSSR count). The Hall–Kier alpha value is -2.14. The Morgan fingerprint density at radius 1 is 1.05 bits per heavy atom. The van der Waals surface area contributed by atoms with Crippen LogP contribution in [0.5, 0.6) is 0 Å². The second-order valence-electron chi connectivity index (χ2n) is 4.01. The van der Waals surface area contributed by atoms with E-state index >= 15 is 0 Å². The molecule has 2 aromatic rings. The first-order valence-corrected chi connectivity index (χ1v) is 6.17. The number of anilines is 2. The van der Waals surface area contributed by atoms with E-state index in [0.717, 1.165) is 12.1 Å². The van der Waals surface area contributed by atoms with Crippen molar-refractivity contribution in [1.82, 2.24) is 0 Å². The number of amides is 1. The van der Waals surface area contributed by atoms with Crippen LogP contribution in [0.3, 0.4) is 0 Å². The van der Waals surface area contributed by atoms with Crippen LogP contribution in [0.25, 0.3) is 0 Å². The highest BCUT2D eigenvalue weighted by atomic mass is 35.5. The van der Waals surface area contributed by atoms with Gasteiger partial charge in [-0.25, -0.2) is 8.78 Å². The van der Waals surface area contributed by atoms with Crippen LogP contribution in [-0.2, 0) is 4.79 Å². The lowest BCUT2D eigenvalue weighted by molar-refractivity contribution is -0.114. The van der Waals surface area contributed by atoms with Gasteiger partial charge in [-0.1, -0.05) is 17.7 Å². The Bertz CT molecular complexity index is 597. The van der Waals surface area contributed by atoms with Gasteiger partial charge in [0, 0.05) is 10.7 Å².